The maximum absolute atomic E-state index is 12.9. The zero-order valence-corrected chi connectivity index (χ0v) is 10.9. The highest BCUT2D eigenvalue weighted by Crippen LogP contribution is 2.25. The molecule has 1 N–H and O–H groups in total. The molecule has 1 aromatic carbocycles. The van der Waals surface area contributed by atoms with Gasteiger partial charge in [-0.05, 0) is 18.6 Å². The van der Waals surface area contributed by atoms with Crippen LogP contribution in [-0.2, 0) is 4.79 Å². The van der Waals surface area contributed by atoms with Crippen LogP contribution in [0.25, 0.3) is 0 Å². The average Bonchev–Trinajstić information content (AvgIpc) is 2.33. The molecule has 4 nitrogen and oxygen atoms in total. The third-order valence-corrected chi connectivity index (χ3v) is 3.20. The maximum atomic E-state index is 12.9. The highest BCUT2D eigenvalue weighted by Gasteiger charge is 2.42. The van der Waals surface area contributed by atoms with Gasteiger partial charge in [-0.2, -0.15) is 0 Å². The number of nitrogens with zero attached hydrogens (tertiary/aromatic N) is 1. The molecule has 0 radical (unpaired) electrons. The van der Waals surface area contributed by atoms with Gasteiger partial charge in [-0.1, -0.05) is 19.4 Å². The molecule has 0 atom stereocenters. The summed E-state index contributed by atoms with van der Waals surface area (Å²) in [5, 5.41) is 9.97. The second kappa shape index (κ2) is 5.57. The van der Waals surface area contributed by atoms with Crippen LogP contribution in [0.1, 0.15) is 19.8 Å². The van der Waals surface area contributed by atoms with Gasteiger partial charge in [0, 0.05) is 6.07 Å². The molecule has 19 heavy (non-hydrogen) atoms. The van der Waals surface area contributed by atoms with Crippen molar-refractivity contribution in [1.82, 2.24) is 4.90 Å². The van der Waals surface area contributed by atoms with Gasteiger partial charge in [-0.3, -0.25) is 4.79 Å². The van der Waals surface area contributed by atoms with Crippen molar-refractivity contribution in [2.45, 2.75) is 25.4 Å². The van der Waals surface area contributed by atoms with E-state index in [0.717, 1.165) is 6.42 Å². The van der Waals surface area contributed by atoms with Gasteiger partial charge in [0.2, 0.25) is 0 Å². The van der Waals surface area contributed by atoms with Crippen LogP contribution in [0.2, 0.25) is 0 Å². The maximum Gasteiger partial charge on any atom is 0.260 e. The Labute approximate surface area is 111 Å². The molecule has 0 bridgehead atoms. The molecule has 104 valence electrons. The molecule has 1 heterocycles. The van der Waals surface area contributed by atoms with Gasteiger partial charge in [-0.15, -0.1) is 0 Å². The van der Waals surface area contributed by atoms with Crippen molar-refractivity contribution in [3.05, 3.63) is 30.1 Å². The third-order valence-electron chi connectivity index (χ3n) is 3.20. The molecule has 1 saturated heterocycles. The molecule has 1 amide bonds. The lowest BCUT2D eigenvalue weighted by Gasteiger charge is -2.46. The summed E-state index contributed by atoms with van der Waals surface area (Å²) in [6.07, 6.45) is 1.58. The lowest BCUT2D eigenvalue weighted by molar-refractivity contribution is -0.158. The van der Waals surface area contributed by atoms with Gasteiger partial charge in [0.25, 0.3) is 5.91 Å². The molecule has 1 aliphatic heterocycles. The quantitative estimate of drug-likeness (QED) is 0.881. The second-order valence-electron chi connectivity index (χ2n) is 4.97. The molecule has 0 aliphatic carbocycles. The monoisotopic (exact) mass is 267 g/mol. The van der Waals surface area contributed by atoms with Gasteiger partial charge >= 0.3 is 0 Å². The summed E-state index contributed by atoms with van der Waals surface area (Å²) in [5.41, 5.74) is -0.733. The summed E-state index contributed by atoms with van der Waals surface area (Å²) < 4.78 is 18.1. The summed E-state index contributed by atoms with van der Waals surface area (Å²) in [4.78, 5) is 13.3. The molecular formula is C14H18FNO3. The largest absolute Gasteiger partial charge is 0.484 e. The smallest absolute Gasteiger partial charge is 0.260 e. The summed E-state index contributed by atoms with van der Waals surface area (Å²) in [7, 11) is 0. The molecule has 0 spiro atoms. The van der Waals surface area contributed by atoms with Crippen molar-refractivity contribution in [1.29, 1.82) is 0 Å². The topological polar surface area (TPSA) is 49.8 Å². The first-order chi connectivity index (χ1) is 9.02. The standard InChI is InChI=1S/C14H18FNO3/c1-2-6-14(18)9-16(10-14)13(17)8-19-12-5-3-4-11(15)7-12/h3-5,7,18H,2,6,8-10H2,1H3. The Hall–Kier alpha value is -1.62. The van der Waals surface area contributed by atoms with Crippen LogP contribution >= 0.6 is 0 Å². The first-order valence-electron chi connectivity index (χ1n) is 6.41. The predicted octanol–water partition coefficient (Wildman–Crippen LogP) is 1.58. The average molecular weight is 267 g/mol. The zero-order chi connectivity index (χ0) is 13.9. The first kappa shape index (κ1) is 13.8. The number of carbonyl (C=O) groups is 1. The van der Waals surface area contributed by atoms with E-state index in [1.54, 1.807) is 11.0 Å². The van der Waals surface area contributed by atoms with E-state index in [9.17, 15) is 14.3 Å². The summed E-state index contributed by atoms with van der Waals surface area (Å²) in [5.74, 6) is -0.256. The Kier molecular flexibility index (Phi) is 4.04. The SMILES string of the molecule is CCCC1(O)CN(C(=O)COc2cccc(F)c2)C1. The fourth-order valence-corrected chi connectivity index (χ4v) is 2.26. The van der Waals surface area contributed by atoms with Gasteiger partial charge in [0.15, 0.2) is 6.61 Å². The minimum Gasteiger partial charge on any atom is -0.484 e. The minimum absolute atomic E-state index is 0.133. The number of carbonyl (C=O) groups excluding carboxylic acids is 1. The van der Waals surface area contributed by atoms with E-state index in [1.807, 2.05) is 6.92 Å². The Morgan fingerprint density at radius 1 is 1.53 bits per heavy atom. The lowest BCUT2D eigenvalue weighted by atomic mass is 9.89. The van der Waals surface area contributed by atoms with Crippen LogP contribution in [0.15, 0.2) is 24.3 Å². The summed E-state index contributed by atoms with van der Waals surface area (Å²) >= 11 is 0. The number of β-amino-alcohol motifs (C(OH)–C–C–N with tert-alkyl or cyclic N) is 1. The minimum atomic E-state index is -0.733. The van der Waals surface area contributed by atoms with Crippen LogP contribution in [0.5, 0.6) is 5.75 Å². The number of aliphatic hydroxyl groups is 1. The van der Waals surface area contributed by atoms with Crippen molar-refractivity contribution in [2.75, 3.05) is 19.7 Å². The highest BCUT2D eigenvalue weighted by molar-refractivity contribution is 5.79. The Morgan fingerprint density at radius 3 is 2.89 bits per heavy atom. The van der Waals surface area contributed by atoms with Crippen molar-refractivity contribution in [3.8, 4) is 5.75 Å². The van der Waals surface area contributed by atoms with E-state index in [1.165, 1.54) is 18.2 Å². The van der Waals surface area contributed by atoms with E-state index in [4.69, 9.17) is 4.74 Å². The molecule has 0 saturated carbocycles. The van der Waals surface area contributed by atoms with Gasteiger partial charge in [-0.25, -0.2) is 4.39 Å². The van der Waals surface area contributed by atoms with E-state index < -0.39 is 11.4 Å². The Balaban J connectivity index is 1.77. The normalized spacial score (nSPS) is 16.9. The van der Waals surface area contributed by atoms with Crippen molar-refractivity contribution < 1.29 is 19.0 Å². The van der Waals surface area contributed by atoms with Crippen molar-refractivity contribution in [2.24, 2.45) is 0 Å². The van der Waals surface area contributed by atoms with Gasteiger partial charge < -0.3 is 14.7 Å². The Morgan fingerprint density at radius 2 is 2.26 bits per heavy atom. The van der Waals surface area contributed by atoms with Gasteiger partial charge in [0.05, 0.1) is 18.7 Å². The fraction of sp³-hybridized carbons (Fsp3) is 0.500. The highest BCUT2D eigenvalue weighted by atomic mass is 19.1. The Bertz CT molecular complexity index is 458. The molecule has 0 unspecified atom stereocenters. The number of amides is 1. The van der Waals surface area contributed by atoms with E-state index >= 15 is 0 Å². The van der Waals surface area contributed by atoms with Crippen LogP contribution in [-0.4, -0.2) is 41.2 Å². The molecule has 5 heteroatoms. The van der Waals surface area contributed by atoms with Crippen LogP contribution in [0, 0.1) is 5.82 Å². The van der Waals surface area contributed by atoms with Gasteiger partial charge in [0.1, 0.15) is 11.6 Å². The van der Waals surface area contributed by atoms with Crippen LogP contribution < -0.4 is 4.74 Å². The fourth-order valence-electron chi connectivity index (χ4n) is 2.26. The van der Waals surface area contributed by atoms with E-state index in [0.29, 0.717) is 25.3 Å². The lowest BCUT2D eigenvalue weighted by Crippen LogP contribution is -2.64. The number of benzene rings is 1. The van der Waals surface area contributed by atoms with Crippen LogP contribution in [0.4, 0.5) is 4.39 Å². The van der Waals surface area contributed by atoms with E-state index in [2.05, 4.69) is 0 Å². The number of ether oxygens (including phenoxy) is 1. The molecular weight excluding hydrogens is 249 g/mol. The van der Waals surface area contributed by atoms with Crippen molar-refractivity contribution in [3.63, 3.8) is 0 Å². The third kappa shape index (κ3) is 3.44. The molecule has 1 aliphatic rings. The number of rotatable bonds is 5. The molecule has 0 aromatic heterocycles. The number of likely N-dealkylation sites (tertiary alicyclic amines) is 1. The molecule has 2 rings (SSSR count). The predicted molar refractivity (Wildman–Crippen MR) is 68.3 cm³/mol. The first-order valence-corrected chi connectivity index (χ1v) is 6.41. The summed E-state index contributed by atoms with van der Waals surface area (Å²) in [6, 6.07) is 5.67. The molecule has 1 fully saturated rings. The zero-order valence-electron chi connectivity index (χ0n) is 10.9. The number of hydrogen-bond donors (Lipinski definition) is 1. The van der Waals surface area contributed by atoms with E-state index in [-0.39, 0.29) is 12.5 Å². The number of halogens is 1. The van der Waals surface area contributed by atoms with Crippen molar-refractivity contribution >= 4 is 5.91 Å². The number of hydrogen-bond acceptors (Lipinski definition) is 3. The second-order valence-corrected chi connectivity index (χ2v) is 4.97. The molecule has 1 aromatic rings. The van der Waals surface area contributed by atoms with Crippen LogP contribution in [0.3, 0.4) is 0 Å². The summed E-state index contributed by atoms with van der Waals surface area (Å²) in [6.45, 7) is 2.57.